The summed E-state index contributed by atoms with van der Waals surface area (Å²) >= 11 is 0. The Hall–Kier alpha value is -1.62. The van der Waals surface area contributed by atoms with Crippen LogP contribution >= 0.6 is 0 Å². The number of H-pyrrole nitrogens is 1. The molecule has 0 bridgehead atoms. The molecular weight excluding hydrogens is 238 g/mol. The van der Waals surface area contributed by atoms with Crippen molar-refractivity contribution in [2.75, 3.05) is 6.54 Å². The van der Waals surface area contributed by atoms with Crippen LogP contribution in [0.25, 0.3) is 0 Å². The molecule has 2 heterocycles. The third-order valence-corrected chi connectivity index (χ3v) is 3.69. The Morgan fingerprint density at radius 1 is 1.32 bits per heavy atom. The first-order chi connectivity index (χ1) is 9.09. The van der Waals surface area contributed by atoms with E-state index in [0.717, 1.165) is 31.6 Å². The molecule has 0 saturated heterocycles. The van der Waals surface area contributed by atoms with E-state index >= 15 is 0 Å². The third-order valence-electron chi connectivity index (χ3n) is 3.69. The highest BCUT2D eigenvalue weighted by Gasteiger charge is 2.08. The number of aromatic amines is 1. The van der Waals surface area contributed by atoms with Gasteiger partial charge in [-0.2, -0.15) is 10.2 Å². The summed E-state index contributed by atoms with van der Waals surface area (Å²) in [7, 11) is 1.99. The Morgan fingerprint density at radius 2 is 2.11 bits per heavy atom. The van der Waals surface area contributed by atoms with E-state index in [1.807, 2.05) is 17.9 Å². The largest absolute Gasteiger partial charge is 0.313 e. The average Bonchev–Trinajstić information content (AvgIpc) is 2.87. The highest BCUT2D eigenvalue weighted by molar-refractivity contribution is 5.24. The molecule has 2 rings (SSSR count). The Kier molecular flexibility index (Phi) is 4.37. The number of nitrogens with one attached hydrogen (secondary N) is 2. The molecule has 0 atom stereocenters. The van der Waals surface area contributed by atoms with Crippen LogP contribution in [-0.4, -0.2) is 26.5 Å². The fourth-order valence-corrected chi connectivity index (χ4v) is 2.32. The van der Waals surface area contributed by atoms with E-state index in [1.165, 1.54) is 22.5 Å². The van der Waals surface area contributed by atoms with Gasteiger partial charge in [-0.3, -0.25) is 9.78 Å². The van der Waals surface area contributed by atoms with Gasteiger partial charge in [0, 0.05) is 30.5 Å². The molecule has 104 valence electrons. The predicted octanol–water partition coefficient (Wildman–Crippen LogP) is 1.79. The van der Waals surface area contributed by atoms with Crippen molar-refractivity contribution in [2.24, 2.45) is 7.05 Å². The Bertz CT molecular complexity index is 538. The second-order valence-corrected chi connectivity index (χ2v) is 5.07. The first kappa shape index (κ1) is 13.8. The van der Waals surface area contributed by atoms with Gasteiger partial charge in [-0.1, -0.05) is 0 Å². The van der Waals surface area contributed by atoms with Crippen molar-refractivity contribution in [3.63, 3.8) is 0 Å². The van der Waals surface area contributed by atoms with Crippen molar-refractivity contribution in [1.29, 1.82) is 0 Å². The van der Waals surface area contributed by atoms with Gasteiger partial charge < -0.3 is 5.32 Å². The quantitative estimate of drug-likeness (QED) is 0.779. The summed E-state index contributed by atoms with van der Waals surface area (Å²) in [4.78, 5) is 0. The topological polar surface area (TPSA) is 58.5 Å². The second kappa shape index (κ2) is 6.02. The van der Waals surface area contributed by atoms with Crippen molar-refractivity contribution < 1.29 is 0 Å². The summed E-state index contributed by atoms with van der Waals surface area (Å²) in [5.74, 6) is 0. The Labute approximate surface area is 114 Å². The van der Waals surface area contributed by atoms with Gasteiger partial charge in [0.05, 0.1) is 11.9 Å². The molecule has 0 saturated carbocycles. The molecule has 0 aliphatic carbocycles. The van der Waals surface area contributed by atoms with Gasteiger partial charge in [-0.15, -0.1) is 0 Å². The molecule has 2 aromatic rings. The van der Waals surface area contributed by atoms with Crippen LogP contribution in [0.1, 0.15) is 34.6 Å². The van der Waals surface area contributed by atoms with Crippen molar-refractivity contribution in [1.82, 2.24) is 25.3 Å². The monoisotopic (exact) mass is 261 g/mol. The zero-order chi connectivity index (χ0) is 13.8. The van der Waals surface area contributed by atoms with Crippen LogP contribution in [-0.2, 0) is 20.0 Å². The molecule has 19 heavy (non-hydrogen) atoms. The highest BCUT2D eigenvalue weighted by Crippen LogP contribution is 2.11. The molecule has 0 spiro atoms. The summed E-state index contributed by atoms with van der Waals surface area (Å²) in [6.45, 7) is 8.16. The molecule has 0 aromatic carbocycles. The minimum atomic E-state index is 0.899. The van der Waals surface area contributed by atoms with Gasteiger partial charge in [0.15, 0.2) is 0 Å². The molecular formula is C14H23N5. The Morgan fingerprint density at radius 3 is 2.68 bits per heavy atom. The first-order valence-corrected chi connectivity index (χ1v) is 6.78. The number of aryl methyl sites for hydroxylation is 4. The van der Waals surface area contributed by atoms with Crippen molar-refractivity contribution >= 4 is 0 Å². The molecule has 0 unspecified atom stereocenters. The maximum absolute atomic E-state index is 4.43. The lowest BCUT2D eigenvalue weighted by atomic mass is 10.1. The lowest BCUT2D eigenvalue weighted by Gasteiger charge is -2.05. The van der Waals surface area contributed by atoms with Gasteiger partial charge in [-0.25, -0.2) is 0 Å². The van der Waals surface area contributed by atoms with E-state index in [4.69, 9.17) is 0 Å². The fraction of sp³-hybridized carbons (Fsp3) is 0.571. The molecule has 0 aliphatic heterocycles. The summed E-state index contributed by atoms with van der Waals surface area (Å²) in [6.07, 6.45) is 4.11. The Balaban J connectivity index is 1.74. The zero-order valence-electron chi connectivity index (χ0n) is 12.2. The summed E-state index contributed by atoms with van der Waals surface area (Å²) in [5.41, 5.74) is 6.19. The maximum Gasteiger partial charge on any atom is 0.0641 e. The van der Waals surface area contributed by atoms with E-state index in [9.17, 15) is 0 Å². The van der Waals surface area contributed by atoms with Crippen LogP contribution in [0, 0.1) is 20.8 Å². The minimum absolute atomic E-state index is 0.899. The van der Waals surface area contributed by atoms with Gasteiger partial charge in [-0.05, 0) is 45.7 Å². The number of hydrogen-bond acceptors (Lipinski definition) is 3. The van der Waals surface area contributed by atoms with Gasteiger partial charge in [0.2, 0.25) is 0 Å². The second-order valence-electron chi connectivity index (χ2n) is 5.07. The number of hydrogen-bond donors (Lipinski definition) is 2. The maximum atomic E-state index is 4.43. The van der Waals surface area contributed by atoms with Crippen LogP contribution < -0.4 is 5.32 Å². The van der Waals surface area contributed by atoms with Crippen molar-refractivity contribution in [3.05, 3.63) is 34.4 Å². The van der Waals surface area contributed by atoms with E-state index in [2.05, 4.69) is 41.4 Å². The van der Waals surface area contributed by atoms with E-state index < -0.39 is 0 Å². The van der Waals surface area contributed by atoms with E-state index in [1.54, 1.807) is 0 Å². The molecule has 0 aliphatic rings. The fourth-order valence-electron chi connectivity index (χ4n) is 2.32. The minimum Gasteiger partial charge on any atom is -0.313 e. The third kappa shape index (κ3) is 3.23. The van der Waals surface area contributed by atoms with E-state index in [0.29, 0.717) is 0 Å². The highest BCUT2D eigenvalue weighted by atomic mass is 15.3. The molecule has 5 heteroatoms. The molecule has 2 N–H and O–H groups in total. The zero-order valence-corrected chi connectivity index (χ0v) is 12.2. The molecule has 5 nitrogen and oxygen atoms in total. The summed E-state index contributed by atoms with van der Waals surface area (Å²) in [6, 6.07) is 0. The number of aromatic nitrogens is 4. The van der Waals surface area contributed by atoms with E-state index in [-0.39, 0.29) is 0 Å². The molecule has 2 aromatic heterocycles. The summed E-state index contributed by atoms with van der Waals surface area (Å²) in [5, 5.41) is 14.9. The van der Waals surface area contributed by atoms with Crippen LogP contribution in [0.5, 0.6) is 0 Å². The van der Waals surface area contributed by atoms with Crippen LogP contribution in [0.15, 0.2) is 6.20 Å². The normalized spacial score (nSPS) is 11.2. The first-order valence-electron chi connectivity index (χ1n) is 6.78. The van der Waals surface area contributed by atoms with Crippen molar-refractivity contribution in [3.8, 4) is 0 Å². The average molecular weight is 261 g/mol. The lowest BCUT2D eigenvalue weighted by molar-refractivity contribution is 0.644. The van der Waals surface area contributed by atoms with Gasteiger partial charge in [0.25, 0.3) is 0 Å². The number of rotatable bonds is 6. The van der Waals surface area contributed by atoms with Crippen molar-refractivity contribution in [2.45, 2.75) is 40.2 Å². The molecule has 0 radical (unpaired) electrons. The molecule has 0 fully saturated rings. The molecule has 0 amide bonds. The van der Waals surface area contributed by atoms with Crippen LogP contribution in [0.4, 0.5) is 0 Å². The standard InChI is InChI=1S/C14H23N5/c1-10-13(8-16-17-10)6-5-7-15-9-14-11(2)18-19(4)12(14)3/h8,15H,5-7,9H2,1-4H3,(H,16,17). The number of nitrogens with zero attached hydrogens (tertiary/aromatic N) is 3. The smallest absolute Gasteiger partial charge is 0.0641 e. The van der Waals surface area contributed by atoms with Crippen LogP contribution in [0.2, 0.25) is 0 Å². The van der Waals surface area contributed by atoms with Gasteiger partial charge >= 0.3 is 0 Å². The van der Waals surface area contributed by atoms with Crippen LogP contribution in [0.3, 0.4) is 0 Å². The lowest BCUT2D eigenvalue weighted by Crippen LogP contribution is -2.16. The SMILES string of the molecule is Cc1nn(C)c(C)c1CNCCCc1cn[nH]c1C. The predicted molar refractivity (Wildman–Crippen MR) is 76.0 cm³/mol. The van der Waals surface area contributed by atoms with Gasteiger partial charge in [0.1, 0.15) is 0 Å². The summed E-state index contributed by atoms with van der Waals surface area (Å²) < 4.78 is 1.95.